The molecule has 1 aromatic rings. The Morgan fingerprint density at radius 3 is 2.90 bits per heavy atom. The van der Waals surface area contributed by atoms with Crippen molar-refractivity contribution in [2.24, 2.45) is 0 Å². The Kier molecular flexibility index (Phi) is 4.77. The van der Waals surface area contributed by atoms with Crippen LogP contribution in [0.1, 0.15) is 18.9 Å². The number of carbonyl (C=O) groups excluding carboxylic acids is 1. The lowest BCUT2D eigenvalue weighted by Gasteiger charge is -2.26. The summed E-state index contributed by atoms with van der Waals surface area (Å²) < 4.78 is 0. The SMILES string of the molecule is CC1=CCCN(C(=O)Nc2cccc(/C=C/C(=O)O)c2)C1. The van der Waals surface area contributed by atoms with Crippen LogP contribution in [-0.2, 0) is 4.79 Å². The smallest absolute Gasteiger partial charge is 0.328 e. The van der Waals surface area contributed by atoms with E-state index in [0.29, 0.717) is 18.8 Å². The van der Waals surface area contributed by atoms with Gasteiger partial charge in [0, 0.05) is 24.9 Å². The second-order valence-corrected chi connectivity index (χ2v) is 4.99. The molecule has 0 fully saturated rings. The highest BCUT2D eigenvalue weighted by Crippen LogP contribution is 2.15. The molecule has 0 atom stereocenters. The quantitative estimate of drug-likeness (QED) is 0.663. The van der Waals surface area contributed by atoms with Crippen LogP contribution in [-0.4, -0.2) is 35.1 Å². The number of benzene rings is 1. The number of carbonyl (C=O) groups is 2. The van der Waals surface area contributed by atoms with Crippen molar-refractivity contribution in [1.29, 1.82) is 0 Å². The molecule has 110 valence electrons. The van der Waals surface area contributed by atoms with Crippen LogP contribution >= 0.6 is 0 Å². The van der Waals surface area contributed by atoms with Crippen LogP contribution in [0.15, 0.2) is 42.0 Å². The number of aliphatic carboxylic acids is 1. The number of carboxylic acids is 1. The molecule has 0 aromatic heterocycles. The maximum atomic E-state index is 12.2. The van der Waals surface area contributed by atoms with Gasteiger partial charge in [-0.2, -0.15) is 0 Å². The van der Waals surface area contributed by atoms with Crippen LogP contribution < -0.4 is 5.32 Å². The van der Waals surface area contributed by atoms with Crippen LogP contribution in [0.2, 0.25) is 0 Å². The Balaban J connectivity index is 2.02. The van der Waals surface area contributed by atoms with Gasteiger partial charge in [0.1, 0.15) is 0 Å². The summed E-state index contributed by atoms with van der Waals surface area (Å²) in [4.78, 5) is 24.4. The number of hydrogen-bond acceptors (Lipinski definition) is 2. The van der Waals surface area contributed by atoms with Gasteiger partial charge in [0.2, 0.25) is 0 Å². The third-order valence-electron chi connectivity index (χ3n) is 3.18. The van der Waals surface area contributed by atoms with Crippen molar-refractivity contribution in [1.82, 2.24) is 4.90 Å². The van der Waals surface area contributed by atoms with E-state index < -0.39 is 5.97 Å². The molecule has 0 aliphatic carbocycles. The minimum absolute atomic E-state index is 0.137. The van der Waals surface area contributed by atoms with Crippen LogP contribution in [0.4, 0.5) is 10.5 Å². The van der Waals surface area contributed by atoms with Crippen LogP contribution in [0.3, 0.4) is 0 Å². The minimum atomic E-state index is -1.000. The Labute approximate surface area is 123 Å². The average Bonchev–Trinajstić information content (AvgIpc) is 2.45. The molecular formula is C16H18N2O3. The molecular weight excluding hydrogens is 268 g/mol. The largest absolute Gasteiger partial charge is 0.478 e. The van der Waals surface area contributed by atoms with Gasteiger partial charge >= 0.3 is 12.0 Å². The molecule has 1 heterocycles. The molecule has 0 saturated heterocycles. The van der Waals surface area contributed by atoms with Gasteiger partial charge in [0.25, 0.3) is 0 Å². The van der Waals surface area contributed by atoms with E-state index in [4.69, 9.17) is 5.11 Å². The highest BCUT2D eigenvalue weighted by Gasteiger charge is 2.16. The Morgan fingerprint density at radius 1 is 1.38 bits per heavy atom. The van der Waals surface area contributed by atoms with Crippen molar-refractivity contribution in [3.05, 3.63) is 47.6 Å². The Hall–Kier alpha value is -2.56. The van der Waals surface area contributed by atoms with Gasteiger partial charge in [0.15, 0.2) is 0 Å². The first-order valence-electron chi connectivity index (χ1n) is 6.77. The first-order chi connectivity index (χ1) is 10.0. The van der Waals surface area contributed by atoms with E-state index in [1.165, 1.54) is 11.6 Å². The molecule has 1 aliphatic rings. The van der Waals surface area contributed by atoms with Crippen molar-refractivity contribution < 1.29 is 14.7 Å². The Morgan fingerprint density at radius 2 is 2.19 bits per heavy atom. The summed E-state index contributed by atoms with van der Waals surface area (Å²) in [6.45, 7) is 3.36. The number of carboxylic acid groups (broad SMARTS) is 1. The molecule has 0 saturated carbocycles. The average molecular weight is 286 g/mol. The summed E-state index contributed by atoms with van der Waals surface area (Å²) >= 11 is 0. The van der Waals surface area contributed by atoms with Crippen molar-refractivity contribution in [2.75, 3.05) is 18.4 Å². The molecule has 0 radical (unpaired) electrons. The fraction of sp³-hybridized carbons (Fsp3) is 0.250. The van der Waals surface area contributed by atoms with E-state index in [1.807, 2.05) is 6.92 Å². The number of nitrogens with zero attached hydrogens (tertiary/aromatic N) is 1. The van der Waals surface area contributed by atoms with Crippen LogP contribution in [0, 0.1) is 0 Å². The van der Waals surface area contributed by atoms with E-state index in [2.05, 4.69) is 11.4 Å². The lowest BCUT2D eigenvalue weighted by Crippen LogP contribution is -2.38. The third kappa shape index (κ3) is 4.49. The zero-order valence-corrected chi connectivity index (χ0v) is 11.9. The lowest BCUT2D eigenvalue weighted by molar-refractivity contribution is -0.131. The first-order valence-corrected chi connectivity index (χ1v) is 6.77. The molecule has 2 rings (SSSR count). The normalized spacial score (nSPS) is 14.9. The van der Waals surface area contributed by atoms with Crippen molar-refractivity contribution >= 4 is 23.8 Å². The monoisotopic (exact) mass is 286 g/mol. The predicted octanol–water partition coefficient (Wildman–Crippen LogP) is 2.97. The predicted molar refractivity (Wildman–Crippen MR) is 82.1 cm³/mol. The minimum Gasteiger partial charge on any atom is -0.478 e. The van der Waals surface area contributed by atoms with Gasteiger partial charge in [-0.25, -0.2) is 9.59 Å². The van der Waals surface area contributed by atoms with Crippen molar-refractivity contribution in [3.8, 4) is 0 Å². The molecule has 0 bridgehead atoms. The van der Waals surface area contributed by atoms with E-state index in [-0.39, 0.29) is 6.03 Å². The first kappa shape index (κ1) is 14.8. The fourth-order valence-electron chi connectivity index (χ4n) is 2.17. The number of anilines is 1. The van der Waals surface area contributed by atoms with Gasteiger partial charge in [-0.1, -0.05) is 23.8 Å². The van der Waals surface area contributed by atoms with Crippen LogP contribution in [0.5, 0.6) is 0 Å². The number of hydrogen-bond donors (Lipinski definition) is 2. The number of urea groups is 1. The number of rotatable bonds is 3. The lowest BCUT2D eigenvalue weighted by atomic mass is 10.1. The Bertz CT molecular complexity index is 605. The zero-order chi connectivity index (χ0) is 15.2. The highest BCUT2D eigenvalue weighted by atomic mass is 16.4. The third-order valence-corrected chi connectivity index (χ3v) is 3.18. The highest BCUT2D eigenvalue weighted by molar-refractivity contribution is 5.90. The summed E-state index contributed by atoms with van der Waals surface area (Å²) in [6, 6.07) is 6.94. The van der Waals surface area contributed by atoms with Gasteiger partial charge < -0.3 is 15.3 Å². The molecule has 0 unspecified atom stereocenters. The van der Waals surface area contributed by atoms with E-state index in [9.17, 15) is 9.59 Å². The molecule has 1 aromatic carbocycles. The zero-order valence-electron chi connectivity index (χ0n) is 11.9. The van der Waals surface area contributed by atoms with Crippen molar-refractivity contribution in [3.63, 3.8) is 0 Å². The molecule has 2 N–H and O–H groups in total. The van der Waals surface area contributed by atoms with E-state index >= 15 is 0 Å². The molecule has 0 spiro atoms. The van der Waals surface area contributed by atoms with E-state index in [1.54, 1.807) is 29.2 Å². The fourth-order valence-corrected chi connectivity index (χ4v) is 2.17. The van der Waals surface area contributed by atoms with Gasteiger partial charge in [-0.3, -0.25) is 0 Å². The standard InChI is InChI=1S/C16H18N2O3/c1-12-4-3-9-18(11-12)16(21)17-14-6-2-5-13(10-14)7-8-15(19)20/h2,4-8,10H,3,9,11H2,1H3,(H,17,21)(H,19,20)/b8-7+. The maximum Gasteiger partial charge on any atom is 0.328 e. The molecule has 2 amide bonds. The summed E-state index contributed by atoms with van der Waals surface area (Å²) in [5.41, 5.74) is 2.57. The maximum absolute atomic E-state index is 12.2. The van der Waals surface area contributed by atoms with E-state index in [0.717, 1.165) is 18.1 Å². The van der Waals surface area contributed by atoms with Crippen LogP contribution in [0.25, 0.3) is 6.08 Å². The summed E-state index contributed by atoms with van der Waals surface area (Å²) in [5, 5.41) is 11.5. The second-order valence-electron chi connectivity index (χ2n) is 4.99. The second kappa shape index (κ2) is 6.74. The topological polar surface area (TPSA) is 69.6 Å². The van der Waals surface area contributed by atoms with Gasteiger partial charge in [-0.15, -0.1) is 0 Å². The van der Waals surface area contributed by atoms with Crippen molar-refractivity contribution in [2.45, 2.75) is 13.3 Å². The number of nitrogens with one attached hydrogen (secondary N) is 1. The van der Waals surface area contributed by atoms with Gasteiger partial charge in [0.05, 0.1) is 0 Å². The van der Waals surface area contributed by atoms with Gasteiger partial charge in [-0.05, 0) is 37.1 Å². The summed E-state index contributed by atoms with van der Waals surface area (Å²) in [6.07, 6.45) is 5.58. The molecule has 21 heavy (non-hydrogen) atoms. The molecule has 5 nitrogen and oxygen atoms in total. The number of amides is 2. The molecule has 5 heteroatoms. The summed E-state index contributed by atoms with van der Waals surface area (Å²) in [5.74, 6) is -1.000. The summed E-state index contributed by atoms with van der Waals surface area (Å²) in [7, 11) is 0. The molecule has 1 aliphatic heterocycles.